The van der Waals surface area contributed by atoms with Crippen molar-refractivity contribution in [2.45, 2.75) is 20.5 Å². The summed E-state index contributed by atoms with van der Waals surface area (Å²) in [5.41, 5.74) is 0.680. The molecule has 0 saturated carbocycles. The molecule has 0 aliphatic carbocycles. The van der Waals surface area contributed by atoms with Crippen LogP contribution in [0.1, 0.15) is 19.4 Å². The zero-order chi connectivity index (χ0) is 14.4. The second kappa shape index (κ2) is 7.23. The highest BCUT2D eigenvalue weighted by Gasteiger charge is 2.11. The predicted molar refractivity (Wildman–Crippen MR) is 71.1 cm³/mol. The van der Waals surface area contributed by atoms with Gasteiger partial charge in [-0.25, -0.2) is 4.79 Å². The van der Waals surface area contributed by atoms with Gasteiger partial charge >= 0.3 is 12.6 Å². The van der Waals surface area contributed by atoms with Crippen molar-refractivity contribution in [3.8, 4) is 5.75 Å². The quantitative estimate of drug-likeness (QED) is 0.602. The molecule has 0 saturated heterocycles. The largest absolute Gasteiger partial charge is 0.463 e. The second-order valence-corrected chi connectivity index (χ2v) is 4.52. The van der Waals surface area contributed by atoms with Gasteiger partial charge in [0.15, 0.2) is 0 Å². The third kappa shape index (κ3) is 4.98. The van der Waals surface area contributed by atoms with Crippen LogP contribution in [0.15, 0.2) is 28.2 Å². The summed E-state index contributed by atoms with van der Waals surface area (Å²) in [5.74, 6) is -0.493. The van der Waals surface area contributed by atoms with Gasteiger partial charge in [0, 0.05) is 15.6 Å². The number of rotatable bonds is 5. The normalized spacial score (nSPS) is 11.6. The Balaban J connectivity index is 3.07. The fourth-order valence-electron chi connectivity index (χ4n) is 1.37. The SMILES string of the molecule is CCOC(=O)/C(C)=C/c1cc(Br)ccc1OC(F)F. The maximum absolute atomic E-state index is 12.3. The zero-order valence-electron chi connectivity index (χ0n) is 10.5. The fourth-order valence-corrected chi connectivity index (χ4v) is 1.75. The molecule has 6 heteroatoms. The van der Waals surface area contributed by atoms with Crippen LogP contribution in [0.2, 0.25) is 0 Å². The van der Waals surface area contributed by atoms with Gasteiger partial charge in [0.1, 0.15) is 5.75 Å². The van der Waals surface area contributed by atoms with Crippen molar-refractivity contribution in [2.24, 2.45) is 0 Å². The first-order valence-corrected chi connectivity index (χ1v) is 6.33. The van der Waals surface area contributed by atoms with Crippen molar-refractivity contribution in [1.29, 1.82) is 0 Å². The molecule has 0 heterocycles. The van der Waals surface area contributed by atoms with Crippen LogP contribution in [-0.2, 0) is 9.53 Å². The van der Waals surface area contributed by atoms with E-state index in [1.807, 2.05) is 0 Å². The molecule has 0 radical (unpaired) electrons. The first-order chi connectivity index (χ1) is 8.93. The third-order valence-electron chi connectivity index (χ3n) is 2.16. The van der Waals surface area contributed by atoms with Crippen LogP contribution in [0.4, 0.5) is 8.78 Å². The van der Waals surface area contributed by atoms with E-state index in [1.54, 1.807) is 26.0 Å². The maximum Gasteiger partial charge on any atom is 0.387 e. The molecular weight excluding hydrogens is 322 g/mol. The van der Waals surface area contributed by atoms with Crippen LogP contribution in [0, 0.1) is 0 Å². The highest BCUT2D eigenvalue weighted by atomic mass is 79.9. The van der Waals surface area contributed by atoms with E-state index in [0.717, 1.165) is 0 Å². The van der Waals surface area contributed by atoms with E-state index in [2.05, 4.69) is 20.7 Å². The summed E-state index contributed by atoms with van der Waals surface area (Å²) in [5, 5.41) is 0. The fraction of sp³-hybridized carbons (Fsp3) is 0.308. The van der Waals surface area contributed by atoms with Crippen LogP contribution in [0.25, 0.3) is 6.08 Å². The van der Waals surface area contributed by atoms with Crippen LogP contribution in [0.5, 0.6) is 5.75 Å². The number of carbonyl (C=O) groups is 1. The van der Waals surface area contributed by atoms with Gasteiger partial charge in [0.05, 0.1) is 6.61 Å². The molecule has 1 aromatic rings. The van der Waals surface area contributed by atoms with E-state index in [0.29, 0.717) is 15.6 Å². The smallest absolute Gasteiger partial charge is 0.387 e. The predicted octanol–water partition coefficient (Wildman–Crippen LogP) is 4.02. The van der Waals surface area contributed by atoms with Crippen LogP contribution in [-0.4, -0.2) is 19.2 Å². The second-order valence-electron chi connectivity index (χ2n) is 3.61. The number of esters is 1. The summed E-state index contributed by atoms with van der Waals surface area (Å²) in [6.07, 6.45) is 1.44. The Morgan fingerprint density at radius 1 is 1.47 bits per heavy atom. The first kappa shape index (κ1) is 15.6. The Morgan fingerprint density at radius 3 is 2.74 bits per heavy atom. The summed E-state index contributed by atoms with van der Waals surface area (Å²) in [7, 11) is 0. The van der Waals surface area contributed by atoms with Gasteiger partial charge in [-0.3, -0.25) is 0 Å². The minimum absolute atomic E-state index is 0.00171. The lowest BCUT2D eigenvalue weighted by Crippen LogP contribution is -2.06. The van der Waals surface area contributed by atoms with Crippen molar-refractivity contribution < 1.29 is 23.0 Å². The highest BCUT2D eigenvalue weighted by molar-refractivity contribution is 9.10. The van der Waals surface area contributed by atoms with E-state index >= 15 is 0 Å². The van der Waals surface area contributed by atoms with Gasteiger partial charge in [-0.1, -0.05) is 15.9 Å². The number of halogens is 3. The Kier molecular flexibility index (Phi) is 5.95. The Morgan fingerprint density at radius 2 is 2.16 bits per heavy atom. The average Bonchev–Trinajstić information content (AvgIpc) is 2.32. The van der Waals surface area contributed by atoms with Crippen molar-refractivity contribution in [2.75, 3.05) is 6.61 Å². The molecule has 0 amide bonds. The number of ether oxygens (including phenoxy) is 2. The molecule has 3 nitrogen and oxygen atoms in total. The molecule has 1 rings (SSSR count). The monoisotopic (exact) mass is 334 g/mol. The summed E-state index contributed by atoms with van der Waals surface area (Å²) in [6, 6.07) is 4.57. The third-order valence-corrected chi connectivity index (χ3v) is 2.65. The van der Waals surface area contributed by atoms with E-state index in [9.17, 15) is 13.6 Å². The van der Waals surface area contributed by atoms with Crippen molar-refractivity contribution in [1.82, 2.24) is 0 Å². The first-order valence-electron chi connectivity index (χ1n) is 5.53. The van der Waals surface area contributed by atoms with E-state index in [4.69, 9.17) is 4.74 Å². The molecule has 19 heavy (non-hydrogen) atoms. The number of hydrogen-bond donors (Lipinski definition) is 0. The number of carbonyl (C=O) groups excluding carboxylic acids is 1. The lowest BCUT2D eigenvalue weighted by Gasteiger charge is -2.09. The summed E-state index contributed by atoms with van der Waals surface area (Å²) in [4.78, 5) is 11.5. The van der Waals surface area contributed by atoms with Gasteiger partial charge in [-0.05, 0) is 38.1 Å². The Bertz CT molecular complexity index is 487. The van der Waals surface area contributed by atoms with Crippen molar-refractivity contribution in [3.63, 3.8) is 0 Å². The number of hydrogen-bond acceptors (Lipinski definition) is 3. The molecular formula is C13H13BrF2O3. The van der Waals surface area contributed by atoms with Crippen LogP contribution >= 0.6 is 15.9 Å². The van der Waals surface area contributed by atoms with Gasteiger partial charge in [0.2, 0.25) is 0 Å². The van der Waals surface area contributed by atoms with Crippen LogP contribution < -0.4 is 4.74 Å². The Labute approximate surface area is 118 Å². The highest BCUT2D eigenvalue weighted by Crippen LogP contribution is 2.27. The molecule has 0 aliphatic heterocycles. The van der Waals surface area contributed by atoms with Gasteiger partial charge in [-0.2, -0.15) is 8.78 Å². The summed E-state index contributed by atoms with van der Waals surface area (Å²) in [6.45, 7) is 0.569. The minimum Gasteiger partial charge on any atom is -0.463 e. The molecule has 0 N–H and O–H groups in total. The van der Waals surface area contributed by atoms with Gasteiger partial charge < -0.3 is 9.47 Å². The van der Waals surface area contributed by atoms with Crippen LogP contribution in [0.3, 0.4) is 0 Å². The van der Waals surface area contributed by atoms with Gasteiger partial charge in [0.25, 0.3) is 0 Å². The molecule has 0 unspecified atom stereocenters. The molecule has 1 aromatic carbocycles. The molecule has 0 bridgehead atoms. The van der Waals surface area contributed by atoms with E-state index in [1.165, 1.54) is 12.1 Å². The van der Waals surface area contributed by atoms with E-state index in [-0.39, 0.29) is 12.4 Å². The number of benzene rings is 1. The van der Waals surface area contributed by atoms with E-state index < -0.39 is 12.6 Å². The minimum atomic E-state index is -2.92. The number of alkyl halides is 2. The standard InChI is InChI=1S/C13H13BrF2O3/c1-3-18-12(17)8(2)6-9-7-10(14)4-5-11(9)19-13(15)16/h4-7,13H,3H2,1-2H3/b8-6+. The maximum atomic E-state index is 12.3. The molecule has 0 atom stereocenters. The topological polar surface area (TPSA) is 35.5 Å². The summed E-state index contributed by atoms with van der Waals surface area (Å²) < 4.78 is 34.4. The molecule has 104 valence electrons. The zero-order valence-corrected chi connectivity index (χ0v) is 12.0. The lowest BCUT2D eigenvalue weighted by atomic mass is 10.1. The van der Waals surface area contributed by atoms with Crippen molar-refractivity contribution >= 4 is 28.0 Å². The average molecular weight is 335 g/mol. The lowest BCUT2D eigenvalue weighted by molar-refractivity contribution is -0.138. The van der Waals surface area contributed by atoms with Crippen molar-refractivity contribution in [3.05, 3.63) is 33.8 Å². The molecule has 0 spiro atoms. The van der Waals surface area contributed by atoms with Gasteiger partial charge in [-0.15, -0.1) is 0 Å². The molecule has 0 fully saturated rings. The molecule has 0 aromatic heterocycles. The Hall–Kier alpha value is -1.43. The molecule has 0 aliphatic rings. The summed E-state index contributed by atoms with van der Waals surface area (Å²) >= 11 is 3.23.